The SMILES string of the molecule is Cc1ccc(NC(=S)NC[C@H]2CCN([C@@H](C)c3ccccc3)C2)cc1. The standard InChI is InChI=1S/C21H27N3S/c1-16-8-10-20(11-9-16)23-21(25)22-14-18-12-13-24(15-18)17(2)19-6-4-3-5-7-19/h3-11,17-18H,12-15H2,1-2H3,(H2,22,23,25)/t17-,18+/m0/s1. The van der Waals surface area contributed by atoms with Crippen molar-refractivity contribution in [3.63, 3.8) is 0 Å². The molecule has 2 atom stereocenters. The fourth-order valence-electron chi connectivity index (χ4n) is 3.37. The molecule has 1 heterocycles. The third-order valence-corrected chi connectivity index (χ3v) is 5.25. The van der Waals surface area contributed by atoms with Crippen molar-refractivity contribution in [1.29, 1.82) is 0 Å². The zero-order valence-electron chi connectivity index (χ0n) is 15.0. The minimum absolute atomic E-state index is 0.476. The number of aryl methyl sites for hydroxylation is 1. The molecule has 0 radical (unpaired) electrons. The lowest BCUT2D eigenvalue weighted by Crippen LogP contribution is -2.34. The Labute approximate surface area is 156 Å². The molecule has 3 rings (SSSR count). The van der Waals surface area contributed by atoms with Crippen LogP contribution in [0.1, 0.15) is 30.5 Å². The van der Waals surface area contributed by atoms with E-state index in [0.29, 0.717) is 17.1 Å². The van der Waals surface area contributed by atoms with Crippen LogP contribution in [0.5, 0.6) is 0 Å². The van der Waals surface area contributed by atoms with Gasteiger partial charge in [-0.1, -0.05) is 48.0 Å². The monoisotopic (exact) mass is 353 g/mol. The minimum Gasteiger partial charge on any atom is -0.362 e. The summed E-state index contributed by atoms with van der Waals surface area (Å²) < 4.78 is 0. The Morgan fingerprint density at radius 1 is 1.16 bits per heavy atom. The van der Waals surface area contributed by atoms with Crippen LogP contribution >= 0.6 is 12.2 Å². The van der Waals surface area contributed by atoms with Crippen LogP contribution in [0, 0.1) is 12.8 Å². The van der Waals surface area contributed by atoms with E-state index in [-0.39, 0.29) is 0 Å². The molecule has 1 aliphatic rings. The van der Waals surface area contributed by atoms with E-state index in [1.165, 1.54) is 17.5 Å². The highest BCUT2D eigenvalue weighted by Crippen LogP contribution is 2.26. The second kappa shape index (κ2) is 8.45. The predicted octanol–water partition coefficient (Wildman–Crippen LogP) is 4.36. The summed E-state index contributed by atoms with van der Waals surface area (Å²) in [5.74, 6) is 0.643. The minimum atomic E-state index is 0.476. The molecule has 132 valence electrons. The highest BCUT2D eigenvalue weighted by atomic mass is 32.1. The third kappa shape index (κ3) is 5.03. The number of likely N-dealkylation sites (tertiary alicyclic amines) is 1. The molecule has 1 saturated heterocycles. The Morgan fingerprint density at radius 2 is 1.88 bits per heavy atom. The van der Waals surface area contributed by atoms with Gasteiger partial charge in [-0.15, -0.1) is 0 Å². The summed E-state index contributed by atoms with van der Waals surface area (Å²) in [6, 6.07) is 19.5. The summed E-state index contributed by atoms with van der Waals surface area (Å²) in [6.45, 7) is 7.59. The molecule has 0 aromatic heterocycles. The molecule has 3 nitrogen and oxygen atoms in total. The van der Waals surface area contributed by atoms with Gasteiger partial charge in [-0.25, -0.2) is 0 Å². The second-order valence-electron chi connectivity index (χ2n) is 6.94. The van der Waals surface area contributed by atoms with Crippen LogP contribution in [0.3, 0.4) is 0 Å². The number of hydrogen-bond acceptors (Lipinski definition) is 2. The number of anilines is 1. The quantitative estimate of drug-likeness (QED) is 0.781. The van der Waals surface area contributed by atoms with Crippen molar-refractivity contribution in [2.75, 3.05) is 25.0 Å². The number of rotatable bonds is 5. The fraction of sp³-hybridized carbons (Fsp3) is 0.381. The van der Waals surface area contributed by atoms with Crippen LogP contribution in [-0.4, -0.2) is 29.6 Å². The molecule has 4 heteroatoms. The van der Waals surface area contributed by atoms with Crippen molar-refractivity contribution in [1.82, 2.24) is 10.2 Å². The molecule has 25 heavy (non-hydrogen) atoms. The molecule has 2 N–H and O–H groups in total. The summed E-state index contributed by atoms with van der Waals surface area (Å²) in [6.07, 6.45) is 1.22. The first-order chi connectivity index (χ1) is 12.1. The van der Waals surface area contributed by atoms with E-state index in [2.05, 4.69) is 84.0 Å². The normalized spacial score (nSPS) is 18.7. The molecule has 0 bridgehead atoms. The van der Waals surface area contributed by atoms with Crippen LogP contribution < -0.4 is 10.6 Å². The van der Waals surface area contributed by atoms with Crippen LogP contribution in [0.4, 0.5) is 5.69 Å². The van der Waals surface area contributed by atoms with Gasteiger partial charge in [0.1, 0.15) is 0 Å². The molecule has 0 unspecified atom stereocenters. The largest absolute Gasteiger partial charge is 0.362 e. The molecule has 0 spiro atoms. The van der Waals surface area contributed by atoms with Gasteiger partial charge >= 0.3 is 0 Å². The van der Waals surface area contributed by atoms with E-state index in [0.717, 1.165) is 25.3 Å². The Kier molecular flexibility index (Phi) is 6.05. The summed E-state index contributed by atoms with van der Waals surface area (Å²) >= 11 is 5.43. The predicted molar refractivity (Wildman–Crippen MR) is 110 cm³/mol. The van der Waals surface area contributed by atoms with E-state index in [1.54, 1.807) is 0 Å². The van der Waals surface area contributed by atoms with Crippen LogP contribution in [-0.2, 0) is 0 Å². The van der Waals surface area contributed by atoms with E-state index in [1.807, 2.05) is 0 Å². The number of thiocarbonyl (C=S) groups is 1. The molecule has 0 amide bonds. The molecule has 0 aliphatic carbocycles. The maximum absolute atomic E-state index is 5.43. The van der Waals surface area contributed by atoms with E-state index in [4.69, 9.17) is 12.2 Å². The fourth-order valence-corrected chi connectivity index (χ4v) is 3.57. The van der Waals surface area contributed by atoms with Gasteiger partial charge in [-0.2, -0.15) is 0 Å². The lowest BCUT2D eigenvalue weighted by atomic mass is 10.1. The summed E-state index contributed by atoms with van der Waals surface area (Å²) in [5.41, 5.74) is 3.68. The Morgan fingerprint density at radius 3 is 2.60 bits per heavy atom. The van der Waals surface area contributed by atoms with Crippen LogP contribution in [0.15, 0.2) is 54.6 Å². The van der Waals surface area contributed by atoms with Crippen LogP contribution in [0.2, 0.25) is 0 Å². The molecule has 0 saturated carbocycles. The van der Waals surface area contributed by atoms with Crippen molar-refractivity contribution in [2.24, 2.45) is 5.92 Å². The van der Waals surface area contributed by atoms with Gasteiger partial charge in [-0.05, 0) is 62.6 Å². The molecule has 1 fully saturated rings. The number of nitrogens with one attached hydrogen (secondary N) is 2. The molecular formula is C21H27N3S. The highest BCUT2D eigenvalue weighted by Gasteiger charge is 2.26. The van der Waals surface area contributed by atoms with E-state index in [9.17, 15) is 0 Å². The number of benzene rings is 2. The maximum Gasteiger partial charge on any atom is 0.170 e. The smallest absolute Gasteiger partial charge is 0.170 e. The van der Waals surface area contributed by atoms with E-state index >= 15 is 0 Å². The van der Waals surface area contributed by atoms with Crippen molar-refractivity contribution >= 4 is 23.0 Å². The number of nitrogens with zero attached hydrogens (tertiary/aromatic N) is 1. The Hall–Kier alpha value is -1.91. The average molecular weight is 354 g/mol. The molecule has 2 aromatic carbocycles. The lowest BCUT2D eigenvalue weighted by molar-refractivity contribution is 0.253. The van der Waals surface area contributed by atoms with Crippen molar-refractivity contribution < 1.29 is 0 Å². The van der Waals surface area contributed by atoms with Gasteiger partial charge in [0.2, 0.25) is 0 Å². The van der Waals surface area contributed by atoms with Gasteiger partial charge in [0.05, 0.1) is 0 Å². The molecule has 2 aromatic rings. The van der Waals surface area contributed by atoms with Gasteiger partial charge in [0, 0.05) is 24.8 Å². The summed E-state index contributed by atoms with van der Waals surface area (Å²) in [7, 11) is 0. The highest BCUT2D eigenvalue weighted by molar-refractivity contribution is 7.80. The molecule has 1 aliphatic heterocycles. The first kappa shape index (κ1) is 17.9. The van der Waals surface area contributed by atoms with Gasteiger partial charge in [0.25, 0.3) is 0 Å². The lowest BCUT2D eigenvalue weighted by Gasteiger charge is -2.25. The van der Waals surface area contributed by atoms with Gasteiger partial charge in [-0.3, -0.25) is 4.90 Å². The summed E-state index contributed by atoms with van der Waals surface area (Å²) in [5, 5.41) is 7.35. The zero-order chi connectivity index (χ0) is 17.6. The molecular weight excluding hydrogens is 326 g/mol. The first-order valence-electron chi connectivity index (χ1n) is 9.02. The van der Waals surface area contributed by atoms with Crippen LogP contribution in [0.25, 0.3) is 0 Å². The van der Waals surface area contributed by atoms with Gasteiger partial charge in [0.15, 0.2) is 5.11 Å². The first-order valence-corrected chi connectivity index (χ1v) is 9.43. The zero-order valence-corrected chi connectivity index (χ0v) is 15.9. The Bertz CT molecular complexity index is 684. The topological polar surface area (TPSA) is 27.3 Å². The second-order valence-corrected chi connectivity index (χ2v) is 7.35. The van der Waals surface area contributed by atoms with Crippen molar-refractivity contribution in [3.05, 3.63) is 65.7 Å². The summed E-state index contributed by atoms with van der Waals surface area (Å²) in [4.78, 5) is 2.57. The van der Waals surface area contributed by atoms with Crippen molar-refractivity contribution in [3.8, 4) is 0 Å². The number of hydrogen-bond donors (Lipinski definition) is 2. The average Bonchev–Trinajstić information content (AvgIpc) is 3.11. The van der Waals surface area contributed by atoms with E-state index < -0.39 is 0 Å². The Balaban J connectivity index is 1.44. The maximum atomic E-state index is 5.43. The van der Waals surface area contributed by atoms with Crippen molar-refractivity contribution in [2.45, 2.75) is 26.3 Å². The third-order valence-electron chi connectivity index (χ3n) is 5.01. The van der Waals surface area contributed by atoms with Gasteiger partial charge < -0.3 is 10.6 Å².